The van der Waals surface area contributed by atoms with Crippen molar-refractivity contribution >= 4 is 29.0 Å². The van der Waals surface area contributed by atoms with Crippen LogP contribution >= 0.6 is 0 Å². The molecule has 0 aromatic heterocycles. The molecule has 0 aliphatic rings. The fourth-order valence-corrected chi connectivity index (χ4v) is 4.95. The highest BCUT2D eigenvalue weighted by atomic mass is 16.5. The molecule has 0 aliphatic carbocycles. The standard InChI is InChI=1S/C37H40N2O5/c1-3-4-7-20-35(40)39(30-16-10-6-11-17-30)25-26-44-31-23-21-28(22-24-31)27-34(37(42)43-2)38-33-19-13-12-18-32(33)36(41)29-14-8-5-9-15-29/h5-6,8-19,21-24,34,38H,3-4,7,20,25-27H2,1-2H3/t34-/m0/s1. The first kappa shape index (κ1) is 32.0. The van der Waals surface area contributed by atoms with Crippen LogP contribution in [0.15, 0.2) is 109 Å². The molecule has 0 unspecified atom stereocenters. The second-order valence-corrected chi connectivity index (χ2v) is 10.5. The topological polar surface area (TPSA) is 84.9 Å². The molecule has 4 aromatic rings. The van der Waals surface area contributed by atoms with E-state index in [-0.39, 0.29) is 11.7 Å². The van der Waals surface area contributed by atoms with E-state index in [2.05, 4.69) is 12.2 Å². The van der Waals surface area contributed by atoms with Crippen LogP contribution in [0.25, 0.3) is 0 Å². The first-order valence-electron chi connectivity index (χ1n) is 15.1. The van der Waals surface area contributed by atoms with E-state index >= 15 is 0 Å². The van der Waals surface area contributed by atoms with Crippen molar-refractivity contribution in [1.82, 2.24) is 0 Å². The smallest absolute Gasteiger partial charge is 0.328 e. The van der Waals surface area contributed by atoms with Crippen LogP contribution in [-0.2, 0) is 20.7 Å². The minimum absolute atomic E-state index is 0.0944. The average Bonchev–Trinajstić information content (AvgIpc) is 3.07. The van der Waals surface area contributed by atoms with Crippen LogP contribution < -0.4 is 15.0 Å². The molecule has 0 spiro atoms. The van der Waals surface area contributed by atoms with Crippen LogP contribution in [0, 0.1) is 0 Å². The average molecular weight is 593 g/mol. The molecule has 4 aromatic carbocycles. The summed E-state index contributed by atoms with van der Waals surface area (Å²) in [6.07, 6.45) is 3.82. The number of anilines is 2. The number of unbranched alkanes of at least 4 members (excludes halogenated alkanes) is 2. The number of hydrogen-bond donors (Lipinski definition) is 1. The Morgan fingerprint density at radius 1 is 0.795 bits per heavy atom. The zero-order valence-corrected chi connectivity index (χ0v) is 25.4. The second-order valence-electron chi connectivity index (χ2n) is 10.5. The van der Waals surface area contributed by atoms with E-state index < -0.39 is 12.0 Å². The van der Waals surface area contributed by atoms with E-state index in [0.717, 1.165) is 30.5 Å². The third-order valence-corrected chi connectivity index (χ3v) is 7.33. The van der Waals surface area contributed by atoms with Crippen molar-refractivity contribution in [2.75, 3.05) is 30.5 Å². The molecule has 7 heteroatoms. The van der Waals surface area contributed by atoms with Gasteiger partial charge in [0, 0.05) is 35.3 Å². The Hall–Kier alpha value is -4.91. The molecule has 4 rings (SSSR count). The van der Waals surface area contributed by atoms with Crippen molar-refractivity contribution in [3.8, 4) is 5.75 Å². The Kier molecular flexibility index (Phi) is 12.1. The molecule has 0 saturated carbocycles. The fourth-order valence-electron chi connectivity index (χ4n) is 4.95. The first-order chi connectivity index (χ1) is 21.5. The number of methoxy groups -OCH3 is 1. The highest BCUT2D eigenvalue weighted by molar-refractivity contribution is 6.12. The van der Waals surface area contributed by atoms with Gasteiger partial charge in [-0.05, 0) is 48.4 Å². The van der Waals surface area contributed by atoms with Crippen molar-refractivity contribution < 1.29 is 23.9 Å². The predicted octanol–water partition coefficient (Wildman–Crippen LogP) is 7.11. The van der Waals surface area contributed by atoms with E-state index in [4.69, 9.17) is 9.47 Å². The number of carbonyl (C=O) groups excluding carboxylic acids is 3. The van der Waals surface area contributed by atoms with E-state index in [0.29, 0.717) is 48.6 Å². The highest BCUT2D eigenvalue weighted by Crippen LogP contribution is 2.23. The number of carbonyl (C=O) groups is 3. The molecule has 0 radical (unpaired) electrons. The molecule has 1 amide bonds. The van der Waals surface area contributed by atoms with Crippen molar-refractivity contribution in [3.63, 3.8) is 0 Å². The lowest BCUT2D eigenvalue weighted by molar-refractivity contribution is -0.141. The summed E-state index contributed by atoms with van der Waals surface area (Å²) in [6, 6.07) is 32.7. The van der Waals surface area contributed by atoms with Gasteiger partial charge in [-0.15, -0.1) is 0 Å². The molecule has 1 N–H and O–H groups in total. The molecule has 0 bridgehead atoms. The van der Waals surface area contributed by atoms with Gasteiger partial charge in [-0.3, -0.25) is 9.59 Å². The Balaban J connectivity index is 1.39. The van der Waals surface area contributed by atoms with Gasteiger partial charge in [0.05, 0.1) is 13.7 Å². The maximum Gasteiger partial charge on any atom is 0.328 e. The predicted molar refractivity (Wildman–Crippen MR) is 174 cm³/mol. The molecule has 0 saturated heterocycles. The van der Waals surface area contributed by atoms with Crippen LogP contribution in [0.2, 0.25) is 0 Å². The Morgan fingerprint density at radius 3 is 2.14 bits per heavy atom. The molecule has 0 fully saturated rings. The largest absolute Gasteiger partial charge is 0.492 e. The van der Waals surface area contributed by atoms with Crippen LogP contribution in [0.3, 0.4) is 0 Å². The number of nitrogens with one attached hydrogen (secondary N) is 1. The normalized spacial score (nSPS) is 11.3. The number of ether oxygens (including phenoxy) is 2. The van der Waals surface area contributed by atoms with Gasteiger partial charge in [0.1, 0.15) is 18.4 Å². The first-order valence-corrected chi connectivity index (χ1v) is 15.1. The van der Waals surface area contributed by atoms with E-state index in [1.54, 1.807) is 35.2 Å². The number of amides is 1. The van der Waals surface area contributed by atoms with Crippen molar-refractivity contribution in [3.05, 3.63) is 126 Å². The summed E-state index contributed by atoms with van der Waals surface area (Å²) in [7, 11) is 1.35. The summed E-state index contributed by atoms with van der Waals surface area (Å²) < 4.78 is 11.1. The quantitative estimate of drug-likeness (QED) is 0.0848. The minimum atomic E-state index is -0.713. The third-order valence-electron chi connectivity index (χ3n) is 7.33. The van der Waals surface area contributed by atoms with Crippen LogP contribution in [0.4, 0.5) is 11.4 Å². The third kappa shape index (κ3) is 9.04. The molecule has 228 valence electrons. The highest BCUT2D eigenvalue weighted by Gasteiger charge is 2.23. The summed E-state index contributed by atoms with van der Waals surface area (Å²) in [5.41, 5.74) is 3.36. The molecule has 44 heavy (non-hydrogen) atoms. The number of ketones is 1. The van der Waals surface area contributed by atoms with Crippen molar-refractivity contribution in [2.45, 2.75) is 45.1 Å². The van der Waals surface area contributed by atoms with Crippen LogP contribution in [0.1, 0.15) is 54.1 Å². The van der Waals surface area contributed by atoms with Crippen molar-refractivity contribution in [1.29, 1.82) is 0 Å². The summed E-state index contributed by atoms with van der Waals surface area (Å²) in [4.78, 5) is 40.7. The van der Waals surface area contributed by atoms with Gasteiger partial charge in [0.25, 0.3) is 0 Å². The van der Waals surface area contributed by atoms with Crippen molar-refractivity contribution in [2.24, 2.45) is 0 Å². The van der Waals surface area contributed by atoms with Gasteiger partial charge in [-0.25, -0.2) is 4.79 Å². The molecule has 0 heterocycles. The summed E-state index contributed by atoms with van der Waals surface area (Å²) >= 11 is 0. The van der Waals surface area contributed by atoms with E-state index in [1.807, 2.05) is 78.9 Å². The summed E-state index contributed by atoms with van der Waals surface area (Å²) in [5, 5.41) is 3.24. The second kappa shape index (κ2) is 16.7. The lowest BCUT2D eigenvalue weighted by Crippen LogP contribution is -2.34. The molecular weight excluding hydrogens is 552 g/mol. The van der Waals surface area contributed by atoms with Gasteiger partial charge in [0.2, 0.25) is 5.91 Å². The zero-order chi connectivity index (χ0) is 31.1. The zero-order valence-electron chi connectivity index (χ0n) is 25.4. The number of benzene rings is 4. The maximum absolute atomic E-state index is 13.2. The molecule has 1 atom stereocenters. The summed E-state index contributed by atoms with van der Waals surface area (Å²) in [6.45, 7) is 2.90. The lowest BCUT2D eigenvalue weighted by atomic mass is 10.00. The maximum atomic E-state index is 13.2. The van der Waals surface area contributed by atoms with E-state index in [9.17, 15) is 14.4 Å². The van der Waals surface area contributed by atoms with Crippen LogP contribution in [-0.4, -0.2) is 44.0 Å². The van der Waals surface area contributed by atoms with Crippen LogP contribution in [0.5, 0.6) is 5.75 Å². The lowest BCUT2D eigenvalue weighted by Gasteiger charge is -2.23. The van der Waals surface area contributed by atoms with Gasteiger partial charge in [-0.1, -0.05) is 92.6 Å². The minimum Gasteiger partial charge on any atom is -0.492 e. The van der Waals surface area contributed by atoms with Gasteiger partial charge < -0.3 is 19.7 Å². The summed E-state index contributed by atoms with van der Waals surface area (Å²) in [5.74, 6) is 0.197. The molecule has 7 nitrogen and oxygen atoms in total. The Labute approximate surface area is 259 Å². The Morgan fingerprint density at radius 2 is 1.45 bits per heavy atom. The molecule has 0 aliphatic heterocycles. The number of para-hydroxylation sites is 2. The molecular formula is C37H40N2O5. The number of nitrogens with zero attached hydrogens (tertiary/aromatic N) is 1. The monoisotopic (exact) mass is 592 g/mol. The number of rotatable bonds is 16. The fraction of sp³-hybridized carbons (Fsp3) is 0.270. The SMILES string of the molecule is CCCCCC(=O)N(CCOc1ccc(C[C@H](Nc2ccccc2C(=O)c2ccccc2)C(=O)OC)cc1)c1ccccc1. The van der Waals surface area contributed by atoms with Gasteiger partial charge >= 0.3 is 5.97 Å². The number of esters is 1. The van der Waals surface area contributed by atoms with E-state index in [1.165, 1.54) is 7.11 Å². The Bertz CT molecular complexity index is 1490. The van der Waals surface area contributed by atoms with Gasteiger partial charge in [0.15, 0.2) is 5.78 Å². The van der Waals surface area contributed by atoms with Gasteiger partial charge in [-0.2, -0.15) is 0 Å². The number of hydrogen-bond acceptors (Lipinski definition) is 6.